The smallest absolute Gasteiger partial charge is 0.0850 e. The molecule has 2 aromatic rings. The molecule has 0 radical (unpaired) electrons. The molecule has 3 heteroatoms. The molecule has 0 bridgehead atoms. The van der Waals surface area contributed by atoms with Gasteiger partial charge in [-0.15, -0.1) is 11.6 Å². The largest absolute Gasteiger partial charge is 0.113 e. The van der Waals surface area contributed by atoms with Crippen LogP contribution in [-0.4, -0.2) is 0 Å². The van der Waals surface area contributed by atoms with Crippen LogP contribution in [0.3, 0.4) is 0 Å². The van der Waals surface area contributed by atoms with E-state index in [1.807, 2.05) is 12.1 Å². The summed E-state index contributed by atoms with van der Waals surface area (Å²) in [6.45, 7) is 6.69. The van der Waals surface area contributed by atoms with Gasteiger partial charge in [-0.05, 0) is 34.6 Å². The lowest BCUT2D eigenvalue weighted by Crippen LogP contribution is -2.15. The van der Waals surface area contributed by atoms with Crippen molar-refractivity contribution in [3.8, 4) is 0 Å². The maximum atomic E-state index is 6.57. The van der Waals surface area contributed by atoms with E-state index in [9.17, 15) is 0 Å². The summed E-state index contributed by atoms with van der Waals surface area (Å²) >= 11 is 18.9. The molecular weight excluding hydrogens is 323 g/mol. The molecule has 0 aliphatic heterocycles. The van der Waals surface area contributed by atoms with Crippen molar-refractivity contribution >= 4 is 34.8 Å². The maximum absolute atomic E-state index is 6.57. The van der Waals surface area contributed by atoms with Crippen molar-refractivity contribution in [2.24, 2.45) is 0 Å². The first-order valence-electron chi connectivity index (χ1n) is 7.05. The number of hydrogen-bond acceptors (Lipinski definition) is 0. The Bertz CT molecular complexity index is 615. The molecule has 0 spiro atoms. The van der Waals surface area contributed by atoms with E-state index in [-0.39, 0.29) is 10.8 Å². The standard InChI is InChI=1S/C18H19Cl3/c1-4-18(2,3)13-10-8-12(9-11-13)16(20)14-6-5-7-15(19)17(14)21/h5-11,16H,4H2,1-3H3. The highest BCUT2D eigenvalue weighted by molar-refractivity contribution is 6.43. The fourth-order valence-corrected chi connectivity index (χ4v) is 3.00. The van der Waals surface area contributed by atoms with Gasteiger partial charge in [-0.25, -0.2) is 0 Å². The van der Waals surface area contributed by atoms with Gasteiger partial charge in [-0.1, -0.05) is 80.4 Å². The van der Waals surface area contributed by atoms with Crippen molar-refractivity contribution in [2.45, 2.75) is 38.0 Å². The highest BCUT2D eigenvalue weighted by Crippen LogP contribution is 2.37. The van der Waals surface area contributed by atoms with E-state index in [1.54, 1.807) is 6.07 Å². The summed E-state index contributed by atoms with van der Waals surface area (Å²) in [7, 11) is 0. The number of halogens is 3. The van der Waals surface area contributed by atoms with Crippen LogP contribution in [0.25, 0.3) is 0 Å². The summed E-state index contributed by atoms with van der Waals surface area (Å²) in [6, 6.07) is 14.0. The Morgan fingerprint density at radius 3 is 2.19 bits per heavy atom. The van der Waals surface area contributed by atoms with E-state index < -0.39 is 0 Å². The Balaban J connectivity index is 2.32. The molecule has 2 rings (SSSR count). The fourth-order valence-electron chi connectivity index (χ4n) is 2.20. The summed E-state index contributed by atoms with van der Waals surface area (Å²) in [5.41, 5.74) is 3.35. The van der Waals surface area contributed by atoms with Crippen molar-refractivity contribution in [3.05, 3.63) is 69.2 Å². The lowest BCUT2D eigenvalue weighted by atomic mass is 9.82. The average molecular weight is 342 g/mol. The Labute approximate surface area is 142 Å². The molecule has 0 fully saturated rings. The van der Waals surface area contributed by atoms with Gasteiger partial charge < -0.3 is 0 Å². The van der Waals surface area contributed by atoms with E-state index in [0.717, 1.165) is 17.5 Å². The van der Waals surface area contributed by atoms with Crippen molar-refractivity contribution in [3.63, 3.8) is 0 Å². The zero-order valence-electron chi connectivity index (χ0n) is 12.5. The second-order valence-electron chi connectivity index (χ2n) is 5.87. The van der Waals surface area contributed by atoms with Gasteiger partial charge in [0.2, 0.25) is 0 Å². The van der Waals surface area contributed by atoms with Crippen LogP contribution in [0.15, 0.2) is 42.5 Å². The molecule has 0 saturated carbocycles. The van der Waals surface area contributed by atoms with Crippen LogP contribution in [0.2, 0.25) is 10.0 Å². The molecule has 0 saturated heterocycles. The van der Waals surface area contributed by atoms with Crippen LogP contribution in [0.5, 0.6) is 0 Å². The van der Waals surface area contributed by atoms with Gasteiger partial charge in [0.05, 0.1) is 15.4 Å². The van der Waals surface area contributed by atoms with Crippen LogP contribution >= 0.6 is 34.8 Å². The minimum Gasteiger partial charge on any atom is -0.113 e. The third kappa shape index (κ3) is 3.56. The summed E-state index contributed by atoms with van der Waals surface area (Å²) in [4.78, 5) is 0. The van der Waals surface area contributed by atoms with E-state index in [0.29, 0.717) is 10.0 Å². The van der Waals surface area contributed by atoms with E-state index in [4.69, 9.17) is 34.8 Å². The minimum atomic E-state index is -0.296. The van der Waals surface area contributed by atoms with Gasteiger partial charge in [0.15, 0.2) is 0 Å². The van der Waals surface area contributed by atoms with Gasteiger partial charge in [0.1, 0.15) is 0 Å². The molecule has 21 heavy (non-hydrogen) atoms. The summed E-state index contributed by atoms with van der Waals surface area (Å²) < 4.78 is 0. The van der Waals surface area contributed by atoms with Gasteiger partial charge in [-0.3, -0.25) is 0 Å². The lowest BCUT2D eigenvalue weighted by molar-refractivity contribution is 0.506. The normalized spacial score (nSPS) is 13.2. The Morgan fingerprint density at radius 1 is 1.00 bits per heavy atom. The van der Waals surface area contributed by atoms with Crippen LogP contribution < -0.4 is 0 Å². The summed E-state index contributed by atoms with van der Waals surface area (Å²) in [5.74, 6) is 0. The third-order valence-corrected chi connectivity index (χ3v) is 5.44. The van der Waals surface area contributed by atoms with Gasteiger partial charge in [0.25, 0.3) is 0 Å². The van der Waals surface area contributed by atoms with Gasteiger partial charge in [0, 0.05) is 0 Å². The van der Waals surface area contributed by atoms with Crippen molar-refractivity contribution in [1.82, 2.24) is 0 Å². The number of rotatable bonds is 4. The molecule has 0 nitrogen and oxygen atoms in total. The minimum absolute atomic E-state index is 0.175. The molecule has 0 aliphatic carbocycles. The van der Waals surface area contributed by atoms with Crippen molar-refractivity contribution in [1.29, 1.82) is 0 Å². The highest BCUT2D eigenvalue weighted by Gasteiger charge is 2.20. The predicted octanol–water partition coefficient (Wildman–Crippen LogP) is 7.01. The first kappa shape index (κ1) is 16.7. The fraction of sp³-hybridized carbons (Fsp3) is 0.333. The Hall–Kier alpha value is -0.690. The maximum Gasteiger partial charge on any atom is 0.0850 e. The number of alkyl halides is 1. The highest BCUT2D eigenvalue weighted by atomic mass is 35.5. The van der Waals surface area contributed by atoms with Crippen molar-refractivity contribution in [2.75, 3.05) is 0 Å². The Morgan fingerprint density at radius 2 is 1.62 bits per heavy atom. The first-order chi connectivity index (χ1) is 9.86. The van der Waals surface area contributed by atoms with E-state index >= 15 is 0 Å². The molecule has 0 amide bonds. The molecule has 1 unspecified atom stereocenters. The van der Waals surface area contributed by atoms with Gasteiger partial charge in [-0.2, -0.15) is 0 Å². The predicted molar refractivity (Wildman–Crippen MR) is 93.9 cm³/mol. The topological polar surface area (TPSA) is 0 Å². The molecular formula is C18H19Cl3. The van der Waals surface area contributed by atoms with Crippen LogP contribution in [-0.2, 0) is 5.41 Å². The van der Waals surface area contributed by atoms with Crippen LogP contribution in [0, 0.1) is 0 Å². The van der Waals surface area contributed by atoms with Gasteiger partial charge >= 0.3 is 0 Å². The zero-order chi connectivity index (χ0) is 15.6. The average Bonchev–Trinajstić information content (AvgIpc) is 2.49. The molecule has 1 atom stereocenters. The second-order valence-corrected chi connectivity index (χ2v) is 7.09. The Kier molecular flexibility index (Phi) is 5.24. The van der Waals surface area contributed by atoms with Crippen molar-refractivity contribution < 1.29 is 0 Å². The molecule has 112 valence electrons. The third-order valence-electron chi connectivity index (χ3n) is 4.12. The molecule has 2 aromatic carbocycles. The SMILES string of the molecule is CCC(C)(C)c1ccc(C(Cl)c2cccc(Cl)c2Cl)cc1. The monoisotopic (exact) mass is 340 g/mol. The number of benzene rings is 2. The quantitative estimate of drug-likeness (QED) is 0.525. The van der Waals surface area contributed by atoms with Crippen LogP contribution in [0.1, 0.15) is 49.3 Å². The summed E-state index contributed by atoms with van der Waals surface area (Å²) in [5, 5.41) is 0.760. The zero-order valence-corrected chi connectivity index (χ0v) is 14.7. The molecule has 0 aliphatic rings. The molecule has 0 aromatic heterocycles. The summed E-state index contributed by atoms with van der Waals surface area (Å²) in [6.07, 6.45) is 1.09. The number of hydrogen-bond donors (Lipinski definition) is 0. The van der Waals surface area contributed by atoms with E-state index in [2.05, 4.69) is 45.0 Å². The molecule has 0 heterocycles. The second kappa shape index (κ2) is 6.60. The van der Waals surface area contributed by atoms with E-state index in [1.165, 1.54) is 5.56 Å². The lowest BCUT2D eigenvalue weighted by Gasteiger charge is -2.24. The van der Waals surface area contributed by atoms with Crippen LogP contribution in [0.4, 0.5) is 0 Å². The molecule has 0 N–H and O–H groups in total. The first-order valence-corrected chi connectivity index (χ1v) is 8.24.